The van der Waals surface area contributed by atoms with E-state index >= 15 is 0 Å². The van der Waals surface area contributed by atoms with Crippen molar-refractivity contribution in [1.82, 2.24) is 0 Å². The average molecular weight is 264 g/mol. The normalized spacial score (nSPS) is 19.8. The van der Waals surface area contributed by atoms with Gasteiger partial charge in [-0.15, -0.1) is 0 Å². The van der Waals surface area contributed by atoms with Gasteiger partial charge < -0.3 is 4.90 Å². The highest BCUT2D eigenvalue weighted by Gasteiger charge is 2.21. The Kier molecular flexibility index (Phi) is 3.08. The summed E-state index contributed by atoms with van der Waals surface area (Å²) in [6.45, 7) is 0.870. The molecule has 1 saturated heterocycles. The fourth-order valence-electron chi connectivity index (χ4n) is 1.65. The molecule has 88 valence electrons. The van der Waals surface area contributed by atoms with E-state index in [9.17, 15) is 12.8 Å². The van der Waals surface area contributed by atoms with Gasteiger partial charge in [0.15, 0.2) is 9.84 Å². The van der Waals surface area contributed by atoms with Gasteiger partial charge >= 0.3 is 0 Å². The van der Waals surface area contributed by atoms with Crippen molar-refractivity contribution >= 4 is 27.1 Å². The Labute approximate surface area is 98.7 Å². The average Bonchev–Trinajstić information content (AvgIpc) is 2.22. The van der Waals surface area contributed by atoms with Gasteiger partial charge in [0.2, 0.25) is 0 Å². The molecule has 0 radical (unpaired) electrons. The topological polar surface area (TPSA) is 37.4 Å². The first-order chi connectivity index (χ1) is 7.48. The highest BCUT2D eigenvalue weighted by atomic mass is 35.5. The summed E-state index contributed by atoms with van der Waals surface area (Å²) in [7, 11) is -2.89. The number of hydrogen-bond acceptors (Lipinski definition) is 3. The van der Waals surface area contributed by atoms with E-state index in [1.165, 1.54) is 12.1 Å². The Hall–Kier alpha value is -0.810. The fourth-order valence-corrected chi connectivity index (χ4v) is 3.03. The number of halogens is 2. The molecule has 0 amide bonds. The first-order valence-electron chi connectivity index (χ1n) is 4.88. The summed E-state index contributed by atoms with van der Waals surface area (Å²) in [6.07, 6.45) is 0. The molecule has 2 rings (SSSR count). The predicted molar refractivity (Wildman–Crippen MR) is 62.3 cm³/mol. The molecule has 16 heavy (non-hydrogen) atoms. The Bertz CT molecular complexity index is 490. The molecule has 0 unspecified atom stereocenters. The maximum absolute atomic E-state index is 12.9. The van der Waals surface area contributed by atoms with Crippen LogP contribution < -0.4 is 4.90 Å². The smallest absolute Gasteiger partial charge is 0.153 e. The Balaban J connectivity index is 2.17. The molecular weight excluding hydrogens is 253 g/mol. The molecule has 1 heterocycles. The zero-order valence-electron chi connectivity index (χ0n) is 8.49. The van der Waals surface area contributed by atoms with Gasteiger partial charge in [0, 0.05) is 18.8 Å². The summed E-state index contributed by atoms with van der Waals surface area (Å²) in [5.74, 6) is -0.181. The van der Waals surface area contributed by atoms with Crippen molar-refractivity contribution in [3.8, 4) is 0 Å². The molecule has 1 aliphatic rings. The van der Waals surface area contributed by atoms with Crippen LogP contribution >= 0.6 is 11.6 Å². The van der Waals surface area contributed by atoms with Crippen molar-refractivity contribution in [2.75, 3.05) is 29.5 Å². The van der Waals surface area contributed by atoms with E-state index in [4.69, 9.17) is 11.6 Å². The summed E-state index contributed by atoms with van der Waals surface area (Å²) in [5.41, 5.74) is 0.765. The maximum Gasteiger partial charge on any atom is 0.153 e. The van der Waals surface area contributed by atoms with Gasteiger partial charge in [-0.3, -0.25) is 0 Å². The number of nitrogens with zero attached hydrogens (tertiary/aromatic N) is 1. The zero-order chi connectivity index (χ0) is 11.8. The largest absolute Gasteiger partial charge is 0.369 e. The molecule has 3 nitrogen and oxygen atoms in total. The first-order valence-corrected chi connectivity index (χ1v) is 7.08. The number of sulfone groups is 1. The van der Waals surface area contributed by atoms with Gasteiger partial charge in [-0.05, 0) is 18.2 Å². The van der Waals surface area contributed by atoms with E-state index in [0.29, 0.717) is 13.1 Å². The van der Waals surface area contributed by atoms with Crippen molar-refractivity contribution in [1.29, 1.82) is 0 Å². The van der Waals surface area contributed by atoms with Crippen LogP contribution in [0.25, 0.3) is 0 Å². The van der Waals surface area contributed by atoms with Crippen molar-refractivity contribution in [2.45, 2.75) is 0 Å². The summed E-state index contributed by atoms with van der Waals surface area (Å²) in [5, 5.41) is 0.0610. The molecule has 1 aliphatic heterocycles. The van der Waals surface area contributed by atoms with Gasteiger partial charge in [0.1, 0.15) is 5.82 Å². The van der Waals surface area contributed by atoms with Crippen LogP contribution in [0.5, 0.6) is 0 Å². The Morgan fingerprint density at radius 3 is 2.44 bits per heavy atom. The summed E-state index contributed by atoms with van der Waals surface area (Å²) < 4.78 is 35.4. The quantitative estimate of drug-likeness (QED) is 0.774. The molecule has 0 N–H and O–H groups in total. The van der Waals surface area contributed by atoms with Crippen LogP contribution in [0.4, 0.5) is 10.1 Å². The number of anilines is 1. The molecule has 1 aromatic rings. The SMILES string of the molecule is O=S1(=O)CCN(c2ccc(F)c(Cl)c2)CC1. The fraction of sp³-hybridized carbons (Fsp3) is 0.400. The minimum Gasteiger partial charge on any atom is -0.369 e. The van der Waals surface area contributed by atoms with Gasteiger partial charge in [-0.1, -0.05) is 11.6 Å². The van der Waals surface area contributed by atoms with Gasteiger partial charge in [-0.2, -0.15) is 0 Å². The Morgan fingerprint density at radius 1 is 1.25 bits per heavy atom. The zero-order valence-corrected chi connectivity index (χ0v) is 10.1. The third-order valence-electron chi connectivity index (χ3n) is 2.61. The molecule has 0 aromatic heterocycles. The van der Waals surface area contributed by atoms with Gasteiger partial charge in [0.05, 0.1) is 16.5 Å². The molecular formula is C10H11ClFNO2S. The summed E-state index contributed by atoms with van der Waals surface area (Å²) in [4.78, 5) is 1.90. The van der Waals surface area contributed by atoms with E-state index in [2.05, 4.69) is 0 Å². The van der Waals surface area contributed by atoms with Crippen LogP contribution in [0, 0.1) is 5.82 Å². The van der Waals surface area contributed by atoms with E-state index < -0.39 is 15.7 Å². The highest BCUT2D eigenvalue weighted by Crippen LogP contribution is 2.23. The van der Waals surface area contributed by atoms with Crippen molar-refractivity contribution < 1.29 is 12.8 Å². The van der Waals surface area contributed by atoms with Gasteiger partial charge in [-0.25, -0.2) is 12.8 Å². The van der Waals surface area contributed by atoms with E-state index in [1.54, 1.807) is 6.07 Å². The van der Waals surface area contributed by atoms with E-state index in [-0.39, 0.29) is 16.5 Å². The second-order valence-corrected chi connectivity index (χ2v) is 6.45. The monoisotopic (exact) mass is 263 g/mol. The lowest BCUT2D eigenvalue weighted by Gasteiger charge is -2.28. The van der Waals surface area contributed by atoms with Crippen molar-refractivity contribution in [3.63, 3.8) is 0 Å². The molecule has 1 fully saturated rings. The van der Waals surface area contributed by atoms with Crippen molar-refractivity contribution in [3.05, 3.63) is 29.0 Å². The minimum atomic E-state index is -2.89. The minimum absolute atomic E-state index is 0.0610. The predicted octanol–water partition coefficient (Wildman–Crippen LogP) is 1.71. The molecule has 0 atom stereocenters. The number of rotatable bonds is 1. The summed E-state index contributed by atoms with van der Waals surface area (Å²) in [6, 6.07) is 4.43. The molecule has 0 aliphatic carbocycles. The van der Waals surface area contributed by atoms with Gasteiger partial charge in [0.25, 0.3) is 0 Å². The second kappa shape index (κ2) is 4.22. The van der Waals surface area contributed by atoms with Crippen LogP contribution in [-0.4, -0.2) is 33.0 Å². The lowest BCUT2D eigenvalue weighted by atomic mass is 10.2. The van der Waals surface area contributed by atoms with Crippen LogP contribution in [0.3, 0.4) is 0 Å². The third kappa shape index (κ3) is 2.47. The Morgan fingerprint density at radius 2 is 1.88 bits per heavy atom. The molecule has 0 saturated carbocycles. The lowest BCUT2D eigenvalue weighted by Crippen LogP contribution is -2.40. The van der Waals surface area contributed by atoms with E-state index in [0.717, 1.165) is 5.69 Å². The molecule has 0 bridgehead atoms. The van der Waals surface area contributed by atoms with Crippen molar-refractivity contribution in [2.24, 2.45) is 0 Å². The summed E-state index contributed by atoms with van der Waals surface area (Å²) >= 11 is 5.67. The standard InChI is InChI=1S/C10H11ClFNO2S/c11-9-7-8(1-2-10(9)12)13-3-5-16(14,15)6-4-13/h1-2,7H,3-6H2. The van der Waals surface area contributed by atoms with Crippen LogP contribution in [0.2, 0.25) is 5.02 Å². The highest BCUT2D eigenvalue weighted by molar-refractivity contribution is 7.91. The number of hydrogen-bond donors (Lipinski definition) is 0. The lowest BCUT2D eigenvalue weighted by molar-refractivity contribution is 0.586. The van der Waals surface area contributed by atoms with Crippen LogP contribution in [-0.2, 0) is 9.84 Å². The van der Waals surface area contributed by atoms with Crippen LogP contribution in [0.1, 0.15) is 0 Å². The number of benzene rings is 1. The second-order valence-electron chi connectivity index (χ2n) is 3.74. The maximum atomic E-state index is 12.9. The third-order valence-corrected chi connectivity index (χ3v) is 4.51. The molecule has 1 aromatic carbocycles. The molecule has 0 spiro atoms. The van der Waals surface area contributed by atoms with Crippen LogP contribution in [0.15, 0.2) is 18.2 Å². The first kappa shape index (κ1) is 11.7. The molecule has 6 heteroatoms. The van der Waals surface area contributed by atoms with E-state index in [1.807, 2.05) is 4.90 Å².